The van der Waals surface area contributed by atoms with Crippen molar-refractivity contribution < 1.29 is 9.72 Å². The van der Waals surface area contributed by atoms with Crippen molar-refractivity contribution >= 4 is 33.8 Å². The summed E-state index contributed by atoms with van der Waals surface area (Å²) in [5, 5.41) is 23.3. The third-order valence-corrected chi connectivity index (χ3v) is 5.26. The Morgan fingerprint density at radius 1 is 1.30 bits per heavy atom. The smallest absolute Gasteiger partial charge is 0.270 e. The van der Waals surface area contributed by atoms with Crippen LogP contribution in [-0.4, -0.2) is 34.1 Å². The Labute approximate surface area is 161 Å². The quantitative estimate of drug-likeness (QED) is 0.594. The minimum absolute atomic E-state index is 0.0985. The van der Waals surface area contributed by atoms with Crippen LogP contribution in [0.15, 0.2) is 18.2 Å². The van der Waals surface area contributed by atoms with Crippen molar-refractivity contribution in [3.8, 4) is 0 Å². The first-order chi connectivity index (χ1) is 12.9. The fourth-order valence-electron chi connectivity index (χ4n) is 3.13. The number of non-ortho nitro benzene ring substituents is 1. The van der Waals surface area contributed by atoms with Gasteiger partial charge < -0.3 is 4.90 Å². The molecule has 3 rings (SSSR count). The monoisotopic (exact) mass is 389 g/mol. The lowest BCUT2D eigenvalue weighted by atomic mass is 10.1. The van der Waals surface area contributed by atoms with Crippen LogP contribution in [0.2, 0.25) is 0 Å². The highest BCUT2D eigenvalue weighted by Crippen LogP contribution is 2.29. The molecule has 0 radical (unpaired) electrons. The predicted octanol–water partition coefficient (Wildman–Crippen LogP) is 3.89. The molecule has 1 aromatic carbocycles. The molecular weight excluding hydrogens is 366 g/mol. The number of anilines is 2. The molecule has 1 N–H and O–H groups in total. The number of piperidine rings is 1. The van der Waals surface area contributed by atoms with Gasteiger partial charge in [0.2, 0.25) is 5.13 Å². The summed E-state index contributed by atoms with van der Waals surface area (Å²) in [5.41, 5.74) is 0.926. The fourth-order valence-corrected chi connectivity index (χ4v) is 4.08. The van der Waals surface area contributed by atoms with Crippen LogP contribution < -0.4 is 10.2 Å². The van der Waals surface area contributed by atoms with Gasteiger partial charge in [-0.05, 0) is 31.2 Å². The molecular formula is C18H23N5O3S. The number of nitro groups is 1. The molecule has 1 amide bonds. The minimum atomic E-state index is -0.484. The first-order valence-electron chi connectivity index (χ1n) is 9.11. The van der Waals surface area contributed by atoms with Crippen LogP contribution in [0, 0.1) is 16.0 Å². The van der Waals surface area contributed by atoms with Gasteiger partial charge in [-0.15, -0.1) is 10.2 Å². The summed E-state index contributed by atoms with van der Waals surface area (Å²) in [6.07, 6.45) is 4.05. The lowest BCUT2D eigenvalue weighted by Gasteiger charge is -2.30. The lowest BCUT2D eigenvalue weighted by Crippen LogP contribution is -2.31. The van der Waals surface area contributed by atoms with E-state index >= 15 is 0 Å². The number of carbonyl (C=O) groups excluding carboxylic acids is 1. The molecule has 2 heterocycles. The standard InChI is InChI=1S/C18H23N5O3S/c1-12(2)10-16-20-21-18(27-16)19-17(24)14-11-13(23(25)26)6-7-15(14)22-8-4-3-5-9-22/h6-7,11-12H,3-5,8-10H2,1-2H3,(H,19,21,24). The lowest BCUT2D eigenvalue weighted by molar-refractivity contribution is -0.384. The van der Waals surface area contributed by atoms with Crippen molar-refractivity contribution in [3.05, 3.63) is 38.9 Å². The third-order valence-electron chi connectivity index (χ3n) is 4.40. The second-order valence-electron chi connectivity index (χ2n) is 7.06. The van der Waals surface area contributed by atoms with E-state index in [1.54, 1.807) is 6.07 Å². The van der Waals surface area contributed by atoms with Crippen molar-refractivity contribution in [2.75, 3.05) is 23.3 Å². The summed E-state index contributed by atoms with van der Waals surface area (Å²) in [7, 11) is 0. The van der Waals surface area contributed by atoms with Gasteiger partial charge >= 0.3 is 0 Å². The molecule has 1 aliphatic heterocycles. The molecule has 2 aromatic rings. The molecule has 0 spiro atoms. The number of nitrogens with zero attached hydrogens (tertiary/aromatic N) is 4. The highest BCUT2D eigenvalue weighted by atomic mass is 32.1. The van der Waals surface area contributed by atoms with E-state index in [2.05, 4.69) is 34.3 Å². The molecule has 144 valence electrons. The number of nitrogens with one attached hydrogen (secondary N) is 1. The van der Waals surface area contributed by atoms with Crippen molar-refractivity contribution in [2.24, 2.45) is 5.92 Å². The molecule has 0 unspecified atom stereocenters. The van der Waals surface area contributed by atoms with Crippen molar-refractivity contribution in [3.63, 3.8) is 0 Å². The first kappa shape index (κ1) is 19.2. The second kappa shape index (κ2) is 8.43. The average Bonchev–Trinajstić information content (AvgIpc) is 3.07. The molecule has 1 aromatic heterocycles. The number of rotatable bonds is 6. The highest BCUT2D eigenvalue weighted by molar-refractivity contribution is 7.15. The van der Waals surface area contributed by atoms with Crippen LogP contribution in [0.1, 0.15) is 48.5 Å². The maximum absolute atomic E-state index is 12.9. The van der Waals surface area contributed by atoms with Gasteiger partial charge in [0, 0.05) is 31.6 Å². The van der Waals surface area contributed by atoms with Gasteiger partial charge in [-0.25, -0.2) is 0 Å². The Hall–Kier alpha value is -2.55. The number of nitro benzene ring substituents is 1. The van der Waals surface area contributed by atoms with E-state index in [9.17, 15) is 14.9 Å². The minimum Gasteiger partial charge on any atom is -0.371 e. The van der Waals surface area contributed by atoms with E-state index in [0.29, 0.717) is 16.6 Å². The Morgan fingerprint density at radius 3 is 2.70 bits per heavy atom. The van der Waals surface area contributed by atoms with Crippen LogP contribution in [0.4, 0.5) is 16.5 Å². The van der Waals surface area contributed by atoms with Gasteiger partial charge in [-0.3, -0.25) is 20.2 Å². The maximum Gasteiger partial charge on any atom is 0.270 e. The molecule has 1 fully saturated rings. The Bertz CT molecular complexity index is 830. The van der Waals surface area contributed by atoms with Crippen LogP contribution in [-0.2, 0) is 6.42 Å². The molecule has 0 aliphatic carbocycles. The number of carbonyl (C=O) groups is 1. The predicted molar refractivity (Wildman–Crippen MR) is 106 cm³/mol. The second-order valence-corrected chi connectivity index (χ2v) is 8.12. The van der Waals surface area contributed by atoms with Crippen LogP contribution in [0.25, 0.3) is 0 Å². The van der Waals surface area contributed by atoms with Gasteiger partial charge in [0.05, 0.1) is 16.2 Å². The Kier molecular flexibility index (Phi) is 6.00. The summed E-state index contributed by atoms with van der Waals surface area (Å²) in [4.78, 5) is 25.7. The fraction of sp³-hybridized carbons (Fsp3) is 0.500. The summed E-state index contributed by atoms with van der Waals surface area (Å²) in [6.45, 7) is 5.87. The molecule has 1 saturated heterocycles. The van der Waals surface area contributed by atoms with Crippen molar-refractivity contribution in [1.29, 1.82) is 0 Å². The molecule has 0 bridgehead atoms. The molecule has 27 heavy (non-hydrogen) atoms. The van der Waals surface area contributed by atoms with E-state index in [0.717, 1.165) is 49.5 Å². The summed E-state index contributed by atoms with van der Waals surface area (Å²) in [6, 6.07) is 4.46. The number of hydrogen-bond donors (Lipinski definition) is 1. The van der Waals surface area contributed by atoms with E-state index in [1.165, 1.54) is 23.5 Å². The number of amides is 1. The van der Waals surface area contributed by atoms with Crippen molar-refractivity contribution in [1.82, 2.24) is 10.2 Å². The van der Waals surface area contributed by atoms with Gasteiger partial charge in [-0.1, -0.05) is 25.2 Å². The van der Waals surface area contributed by atoms with Gasteiger partial charge in [0.15, 0.2) is 0 Å². The summed E-state index contributed by atoms with van der Waals surface area (Å²) in [5.74, 6) is 0.0514. The number of benzene rings is 1. The SMILES string of the molecule is CC(C)Cc1nnc(NC(=O)c2cc([N+](=O)[O-])ccc2N2CCCCC2)s1. The Morgan fingerprint density at radius 2 is 2.04 bits per heavy atom. The molecule has 8 nitrogen and oxygen atoms in total. The number of hydrogen-bond acceptors (Lipinski definition) is 7. The molecule has 0 saturated carbocycles. The zero-order valence-electron chi connectivity index (χ0n) is 15.5. The van der Waals surface area contributed by atoms with Gasteiger partial charge in [0.25, 0.3) is 11.6 Å². The summed E-state index contributed by atoms with van der Waals surface area (Å²) >= 11 is 1.33. The third kappa shape index (κ3) is 4.79. The van der Waals surface area contributed by atoms with E-state index < -0.39 is 10.8 Å². The molecule has 9 heteroatoms. The van der Waals surface area contributed by atoms with E-state index in [-0.39, 0.29) is 5.69 Å². The maximum atomic E-state index is 12.9. The number of aromatic nitrogens is 2. The normalized spacial score (nSPS) is 14.4. The average molecular weight is 389 g/mol. The zero-order chi connectivity index (χ0) is 19.4. The zero-order valence-corrected chi connectivity index (χ0v) is 16.3. The van der Waals surface area contributed by atoms with E-state index in [4.69, 9.17) is 0 Å². The van der Waals surface area contributed by atoms with Gasteiger partial charge in [-0.2, -0.15) is 0 Å². The van der Waals surface area contributed by atoms with Crippen molar-refractivity contribution in [2.45, 2.75) is 39.5 Å². The first-order valence-corrected chi connectivity index (χ1v) is 9.93. The van der Waals surface area contributed by atoms with Crippen LogP contribution in [0.5, 0.6) is 0 Å². The molecule has 0 atom stereocenters. The molecule has 1 aliphatic rings. The van der Waals surface area contributed by atoms with Crippen LogP contribution in [0.3, 0.4) is 0 Å². The topological polar surface area (TPSA) is 101 Å². The van der Waals surface area contributed by atoms with Crippen LogP contribution >= 0.6 is 11.3 Å². The van der Waals surface area contributed by atoms with Gasteiger partial charge in [0.1, 0.15) is 5.01 Å². The highest BCUT2D eigenvalue weighted by Gasteiger charge is 2.22. The largest absolute Gasteiger partial charge is 0.371 e. The Balaban J connectivity index is 1.85. The summed E-state index contributed by atoms with van der Waals surface area (Å²) < 4.78 is 0. The van der Waals surface area contributed by atoms with E-state index in [1.807, 2.05) is 0 Å².